The summed E-state index contributed by atoms with van der Waals surface area (Å²) >= 11 is 0. The Balaban J connectivity index is 1.97. The van der Waals surface area contributed by atoms with E-state index in [1.54, 1.807) is 0 Å². The van der Waals surface area contributed by atoms with Crippen molar-refractivity contribution < 1.29 is 4.74 Å². The van der Waals surface area contributed by atoms with Gasteiger partial charge in [0.2, 0.25) is 0 Å². The van der Waals surface area contributed by atoms with Crippen LogP contribution >= 0.6 is 0 Å². The van der Waals surface area contributed by atoms with Gasteiger partial charge in [0.15, 0.2) is 5.90 Å². The summed E-state index contributed by atoms with van der Waals surface area (Å²) in [5.74, 6) is 1.56. The molecule has 1 saturated heterocycles. The summed E-state index contributed by atoms with van der Waals surface area (Å²) in [7, 11) is 0. The summed E-state index contributed by atoms with van der Waals surface area (Å²) < 4.78 is 5.35. The van der Waals surface area contributed by atoms with Crippen LogP contribution in [0.4, 0.5) is 0 Å². The highest BCUT2D eigenvalue weighted by atomic mass is 16.5. The molecule has 10 heavy (non-hydrogen) atoms. The van der Waals surface area contributed by atoms with E-state index >= 15 is 0 Å². The van der Waals surface area contributed by atoms with Crippen LogP contribution in [-0.4, -0.2) is 32.1 Å². The Morgan fingerprint density at radius 3 is 3.20 bits per heavy atom. The fraction of sp³-hybridized carbons (Fsp3) is 0.857. The van der Waals surface area contributed by atoms with Gasteiger partial charge in [0.05, 0.1) is 6.54 Å². The first-order chi connectivity index (χ1) is 4.97. The minimum Gasteiger partial charge on any atom is -0.479 e. The van der Waals surface area contributed by atoms with Gasteiger partial charge in [0, 0.05) is 12.5 Å². The van der Waals surface area contributed by atoms with E-state index in [-0.39, 0.29) is 0 Å². The van der Waals surface area contributed by atoms with Crippen molar-refractivity contribution in [2.75, 3.05) is 26.2 Å². The molecule has 2 aliphatic rings. The standard InChI is InChI=1S/C7H12N2O/c1-2-8-5-6(1)7-9-3-4-10-7/h6,8H,1-5H2. The zero-order valence-corrected chi connectivity index (χ0v) is 5.97. The molecule has 3 nitrogen and oxygen atoms in total. The number of nitrogens with zero attached hydrogens (tertiary/aromatic N) is 1. The van der Waals surface area contributed by atoms with Crippen LogP contribution in [0.15, 0.2) is 4.99 Å². The lowest BCUT2D eigenvalue weighted by molar-refractivity contribution is 0.325. The fourth-order valence-electron chi connectivity index (χ4n) is 1.46. The molecular weight excluding hydrogens is 128 g/mol. The van der Waals surface area contributed by atoms with Gasteiger partial charge in [-0.25, -0.2) is 0 Å². The molecule has 2 aliphatic heterocycles. The Kier molecular flexibility index (Phi) is 1.59. The van der Waals surface area contributed by atoms with E-state index in [1.807, 2.05) is 0 Å². The van der Waals surface area contributed by atoms with Crippen LogP contribution in [0.2, 0.25) is 0 Å². The molecule has 1 fully saturated rings. The van der Waals surface area contributed by atoms with E-state index in [1.165, 1.54) is 6.42 Å². The molecule has 3 heteroatoms. The molecule has 1 N–H and O–H groups in total. The summed E-state index contributed by atoms with van der Waals surface area (Å²) in [4.78, 5) is 4.27. The molecule has 2 rings (SSSR count). The number of hydrogen-bond acceptors (Lipinski definition) is 3. The third kappa shape index (κ3) is 1.01. The number of hydrogen-bond donors (Lipinski definition) is 1. The Hall–Kier alpha value is -0.570. The van der Waals surface area contributed by atoms with Crippen molar-refractivity contribution in [1.82, 2.24) is 5.32 Å². The number of ether oxygens (including phenoxy) is 1. The summed E-state index contributed by atoms with van der Waals surface area (Å²) in [6.07, 6.45) is 1.19. The van der Waals surface area contributed by atoms with Gasteiger partial charge in [0.1, 0.15) is 6.61 Å². The second-order valence-corrected chi connectivity index (χ2v) is 2.76. The summed E-state index contributed by atoms with van der Waals surface area (Å²) in [6.45, 7) is 3.84. The second-order valence-electron chi connectivity index (χ2n) is 2.76. The molecule has 0 aromatic rings. The minimum absolute atomic E-state index is 0.572. The van der Waals surface area contributed by atoms with Crippen molar-refractivity contribution in [3.63, 3.8) is 0 Å². The van der Waals surface area contributed by atoms with Gasteiger partial charge in [0.25, 0.3) is 0 Å². The number of aliphatic imine (C=N–C) groups is 1. The zero-order valence-electron chi connectivity index (χ0n) is 5.97. The summed E-state index contributed by atoms with van der Waals surface area (Å²) in [5.41, 5.74) is 0. The van der Waals surface area contributed by atoms with Crippen LogP contribution in [0.5, 0.6) is 0 Å². The van der Waals surface area contributed by atoms with E-state index < -0.39 is 0 Å². The lowest BCUT2D eigenvalue weighted by Gasteiger charge is -2.06. The van der Waals surface area contributed by atoms with Crippen LogP contribution in [0.3, 0.4) is 0 Å². The van der Waals surface area contributed by atoms with Gasteiger partial charge in [-0.15, -0.1) is 0 Å². The first-order valence-corrected chi connectivity index (χ1v) is 3.84. The van der Waals surface area contributed by atoms with E-state index in [9.17, 15) is 0 Å². The molecular formula is C7H12N2O. The topological polar surface area (TPSA) is 33.6 Å². The van der Waals surface area contributed by atoms with Crippen molar-refractivity contribution >= 4 is 5.90 Å². The van der Waals surface area contributed by atoms with Crippen LogP contribution in [0, 0.1) is 5.92 Å². The normalized spacial score (nSPS) is 32.0. The minimum atomic E-state index is 0.572. The van der Waals surface area contributed by atoms with Crippen molar-refractivity contribution in [3.8, 4) is 0 Å². The lowest BCUT2D eigenvalue weighted by Crippen LogP contribution is -2.17. The Morgan fingerprint density at radius 1 is 1.60 bits per heavy atom. The molecule has 1 unspecified atom stereocenters. The number of nitrogens with one attached hydrogen (secondary N) is 1. The molecule has 0 aromatic carbocycles. The Labute approximate surface area is 60.5 Å². The van der Waals surface area contributed by atoms with Crippen LogP contribution in [-0.2, 0) is 4.74 Å². The van der Waals surface area contributed by atoms with Crippen molar-refractivity contribution in [1.29, 1.82) is 0 Å². The summed E-state index contributed by atoms with van der Waals surface area (Å²) in [6, 6.07) is 0. The predicted molar refractivity (Wildman–Crippen MR) is 39.2 cm³/mol. The van der Waals surface area contributed by atoms with Crippen LogP contribution < -0.4 is 5.32 Å². The molecule has 0 bridgehead atoms. The first kappa shape index (κ1) is 6.16. The van der Waals surface area contributed by atoms with Gasteiger partial charge >= 0.3 is 0 Å². The molecule has 0 aromatic heterocycles. The van der Waals surface area contributed by atoms with Gasteiger partial charge < -0.3 is 10.1 Å². The van der Waals surface area contributed by atoms with E-state index in [4.69, 9.17) is 4.74 Å². The Morgan fingerprint density at radius 2 is 2.60 bits per heavy atom. The largest absolute Gasteiger partial charge is 0.479 e. The SMILES string of the molecule is C1COC(C2CCNC2)=N1. The van der Waals surface area contributed by atoms with Gasteiger partial charge in [-0.1, -0.05) is 0 Å². The van der Waals surface area contributed by atoms with E-state index in [0.717, 1.165) is 32.1 Å². The lowest BCUT2D eigenvalue weighted by atomic mass is 10.1. The number of rotatable bonds is 1. The highest BCUT2D eigenvalue weighted by Crippen LogP contribution is 2.13. The third-order valence-electron chi connectivity index (χ3n) is 2.02. The van der Waals surface area contributed by atoms with E-state index in [2.05, 4.69) is 10.3 Å². The van der Waals surface area contributed by atoms with Crippen molar-refractivity contribution in [2.45, 2.75) is 6.42 Å². The smallest absolute Gasteiger partial charge is 0.187 e. The fourth-order valence-corrected chi connectivity index (χ4v) is 1.46. The van der Waals surface area contributed by atoms with Crippen LogP contribution in [0.25, 0.3) is 0 Å². The predicted octanol–water partition coefficient (Wildman–Crippen LogP) is 0.0246. The third-order valence-corrected chi connectivity index (χ3v) is 2.02. The van der Waals surface area contributed by atoms with Gasteiger partial charge in [-0.3, -0.25) is 4.99 Å². The molecule has 0 aliphatic carbocycles. The highest BCUT2D eigenvalue weighted by Gasteiger charge is 2.23. The Bertz CT molecular complexity index is 150. The first-order valence-electron chi connectivity index (χ1n) is 3.84. The van der Waals surface area contributed by atoms with Gasteiger partial charge in [-0.05, 0) is 13.0 Å². The molecule has 0 spiro atoms. The summed E-state index contributed by atoms with van der Waals surface area (Å²) in [5, 5.41) is 3.29. The molecule has 0 radical (unpaired) electrons. The highest BCUT2D eigenvalue weighted by molar-refractivity contribution is 5.80. The maximum atomic E-state index is 5.35. The zero-order chi connectivity index (χ0) is 6.81. The quantitative estimate of drug-likeness (QED) is 0.557. The van der Waals surface area contributed by atoms with Crippen molar-refractivity contribution in [2.24, 2.45) is 10.9 Å². The van der Waals surface area contributed by atoms with E-state index in [0.29, 0.717) is 5.92 Å². The maximum absolute atomic E-state index is 5.35. The molecule has 2 heterocycles. The monoisotopic (exact) mass is 140 g/mol. The second kappa shape index (κ2) is 2.58. The van der Waals surface area contributed by atoms with Gasteiger partial charge in [-0.2, -0.15) is 0 Å². The molecule has 1 atom stereocenters. The van der Waals surface area contributed by atoms with Crippen molar-refractivity contribution in [3.05, 3.63) is 0 Å². The molecule has 56 valence electrons. The van der Waals surface area contributed by atoms with Crippen LogP contribution in [0.1, 0.15) is 6.42 Å². The molecule has 0 saturated carbocycles. The molecule has 0 amide bonds. The average Bonchev–Trinajstić information content (AvgIpc) is 2.59. The average molecular weight is 140 g/mol. The maximum Gasteiger partial charge on any atom is 0.187 e.